The normalized spacial score (nSPS) is 22.1. The van der Waals surface area contributed by atoms with Gasteiger partial charge in [0.2, 0.25) is 5.91 Å². The highest BCUT2D eigenvalue weighted by Crippen LogP contribution is 2.26. The topological polar surface area (TPSA) is 87.5 Å². The molecule has 2 fully saturated rings. The number of hydrogen-bond donors (Lipinski definition) is 2. The highest BCUT2D eigenvalue weighted by Gasteiger charge is 2.31. The minimum atomic E-state index is -0.172. The number of carbonyl (C=O) groups is 2. The van der Waals surface area contributed by atoms with Gasteiger partial charge in [-0.1, -0.05) is 26.7 Å². The van der Waals surface area contributed by atoms with Gasteiger partial charge in [0, 0.05) is 31.2 Å². The van der Waals surface area contributed by atoms with E-state index in [1.807, 2.05) is 6.07 Å². The van der Waals surface area contributed by atoms with Gasteiger partial charge in [-0.15, -0.1) is 0 Å². The van der Waals surface area contributed by atoms with Crippen molar-refractivity contribution in [3.05, 3.63) is 30.3 Å². The molecule has 2 unspecified atom stereocenters. The first-order chi connectivity index (χ1) is 16.0. The minimum absolute atomic E-state index is 0.0168. The number of fused-ring (bicyclic) bond motifs is 1. The van der Waals surface area contributed by atoms with Crippen LogP contribution in [0.2, 0.25) is 0 Å². The summed E-state index contributed by atoms with van der Waals surface area (Å²) in [6.07, 6.45) is 10.8. The number of nitrogens with one attached hydrogen (secondary N) is 2. The fourth-order valence-electron chi connectivity index (χ4n) is 5.16. The van der Waals surface area contributed by atoms with E-state index in [4.69, 9.17) is 4.42 Å². The number of aromatic nitrogens is 1. The van der Waals surface area contributed by atoms with Crippen LogP contribution in [0, 0.1) is 17.8 Å². The van der Waals surface area contributed by atoms with E-state index in [9.17, 15) is 9.59 Å². The summed E-state index contributed by atoms with van der Waals surface area (Å²) in [5.74, 6) is 2.52. The fraction of sp³-hybridized carbons (Fsp3) is 0.654. The third-order valence-corrected chi connectivity index (χ3v) is 7.49. The molecule has 0 aliphatic carbocycles. The standard InChI is InChI=1S/C26H38N4O3/c1-18(2)21-6-7-22(29-16-21)26(32)30-13-9-19(10-14-30)5-3-4-11-28-25(31)23-15-20-8-12-27-17-24(20)33-23/h8,12,15,17-19,21-22,29H,3-7,9-11,13-14,16H2,1-2H3,(H,28,31). The van der Waals surface area contributed by atoms with Crippen LogP contribution in [0.15, 0.2) is 28.9 Å². The molecule has 2 aliphatic heterocycles. The Morgan fingerprint density at radius 3 is 2.73 bits per heavy atom. The summed E-state index contributed by atoms with van der Waals surface area (Å²) in [5, 5.41) is 7.34. The molecule has 4 heterocycles. The number of amides is 2. The zero-order valence-corrected chi connectivity index (χ0v) is 20.0. The van der Waals surface area contributed by atoms with Crippen molar-refractivity contribution in [1.29, 1.82) is 0 Å². The SMILES string of the molecule is CC(C)C1CCC(C(=O)N2CCC(CCCCNC(=O)c3cc4ccncc4o3)CC2)NC1. The van der Waals surface area contributed by atoms with Gasteiger partial charge in [-0.3, -0.25) is 14.6 Å². The lowest BCUT2D eigenvalue weighted by molar-refractivity contribution is -0.135. The number of furan rings is 1. The molecule has 0 bridgehead atoms. The number of piperidine rings is 2. The molecule has 2 saturated heterocycles. The maximum absolute atomic E-state index is 12.9. The summed E-state index contributed by atoms with van der Waals surface area (Å²) < 4.78 is 5.56. The van der Waals surface area contributed by atoms with E-state index in [1.54, 1.807) is 18.5 Å². The van der Waals surface area contributed by atoms with Gasteiger partial charge in [0.25, 0.3) is 5.91 Å². The minimum Gasteiger partial charge on any atom is -0.449 e. The lowest BCUT2D eigenvalue weighted by atomic mass is 9.85. The number of hydrogen-bond acceptors (Lipinski definition) is 5. The van der Waals surface area contributed by atoms with Crippen molar-refractivity contribution in [2.75, 3.05) is 26.2 Å². The molecule has 2 aliphatic rings. The number of nitrogens with zero attached hydrogens (tertiary/aromatic N) is 2. The van der Waals surface area contributed by atoms with Crippen molar-refractivity contribution in [1.82, 2.24) is 20.5 Å². The van der Waals surface area contributed by atoms with Crippen molar-refractivity contribution in [3.8, 4) is 0 Å². The molecular formula is C26H38N4O3. The zero-order chi connectivity index (χ0) is 23.2. The van der Waals surface area contributed by atoms with Crippen molar-refractivity contribution in [3.63, 3.8) is 0 Å². The molecule has 2 aromatic heterocycles. The predicted molar refractivity (Wildman–Crippen MR) is 129 cm³/mol. The molecule has 7 nitrogen and oxygen atoms in total. The first-order valence-electron chi connectivity index (χ1n) is 12.6. The molecule has 0 radical (unpaired) electrons. The highest BCUT2D eigenvalue weighted by atomic mass is 16.3. The Morgan fingerprint density at radius 2 is 2.03 bits per heavy atom. The highest BCUT2D eigenvalue weighted by molar-refractivity contribution is 5.95. The third kappa shape index (κ3) is 6.14. The van der Waals surface area contributed by atoms with E-state index in [2.05, 4.69) is 34.4 Å². The molecule has 0 aromatic carbocycles. The average Bonchev–Trinajstić information content (AvgIpc) is 3.28. The second-order valence-electron chi connectivity index (χ2n) is 10.1. The van der Waals surface area contributed by atoms with Crippen LogP contribution in [0.5, 0.6) is 0 Å². The summed E-state index contributed by atoms with van der Waals surface area (Å²) in [5.41, 5.74) is 0.631. The summed E-state index contributed by atoms with van der Waals surface area (Å²) in [6.45, 7) is 7.92. The van der Waals surface area contributed by atoms with E-state index >= 15 is 0 Å². The van der Waals surface area contributed by atoms with Gasteiger partial charge in [-0.2, -0.15) is 0 Å². The maximum atomic E-state index is 12.9. The van der Waals surface area contributed by atoms with E-state index in [-0.39, 0.29) is 11.9 Å². The van der Waals surface area contributed by atoms with Crippen LogP contribution in [0.1, 0.15) is 69.3 Å². The van der Waals surface area contributed by atoms with Crippen molar-refractivity contribution < 1.29 is 14.0 Å². The second kappa shape index (κ2) is 11.1. The summed E-state index contributed by atoms with van der Waals surface area (Å²) in [4.78, 5) is 31.3. The summed E-state index contributed by atoms with van der Waals surface area (Å²) in [6, 6.07) is 3.61. The van der Waals surface area contributed by atoms with Crippen LogP contribution in [-0.2, 0) is 4.79 Å². The Balaban J connectivity index is 1.09. The van der Waals surface area contributed by atoms with E-state index in [0.717, 1.165) is 70.0 Å². The molecule has 2 N–H and O–H groups in total. The van der Waals surface area contributed by atoms with Gasteiger partial charge in [0.15, 0.2) is 11.3 Å². The monoisotopic (exact) mass is 454 g/mol. The molecule has 0 spiro atoms. The molecular weight excluding hydrogens is 416 g/mol. The molecule has 4 rings (SSSR count). The Kier molecular flexibility index (Phi) is 8.02. The predicted octanol–water partition coefficient (Wildman–Crippen LogP) is 3.99. The fourth-order valence-corrected chi connectivity index (χ4v) is 5.16. The smallest absolute Gasteiger partial charge is 0.287 e. The van der Waals surface area contributed by atoms with Gasteiger partial charge < -0.3 is 20.0 Å². The largest absolute Gasteiger partial charge is 0.449 e. The zero-order valence-electron chi connectivity index (χ0n) is 20.0. The average molecular weight is 455 g/mol. The molecule has 2 amide bonds. The first kappa shape index (κ1) is 23.7. The van der Waals surface area contributed by atoms with Crippen LogP contribution in [0.4, 0.5) is 0 Å². The number of unbranched alkanes of at least 4 members (excludes halogenated alkanes) is 1. The van der Waals surface area contributed by atoms with Crippen LogP contribution >= 0.6 is 0 Å². The van der Waals surface area contributed by atoms with Crippen LogP contribution in [-0.4, -0.2) is 53.9 Å². The van der Waals surface area contributed by atoms with E-state index in [0.29, 0.717) is 41.5 Å². The van der Waals surface area contributed by atoms with Crippen molar-refractivity contribution in [2.45, 2.75) is 64.8 Å². The molecule has 33 heavy (non-hydrogen) atoms. The lowest BCUT2D eigenvalue weighted by Gasteiger charge is -2.37. The number of pyridine rings is 1. The molecule has 2 atom stereocenters. The molecule has 180 valence electrons. The van der Waals surface area contributed by atoms with Crippen LogP contribution < -0.4 is 10.6 Å². The van der Waals surface area contributed by atoms with Gasteiger partial charge in [-0.05, 0) is 68.5 Å². The van der Waals surface area contributed by atoms with Crippen LogP contribution in [0.3, 0.4) is 0 Å². The Hall–Kier alpha value is -2.41. The Labute approximate surface area is 196 Å². The maximum Gasteiger partial charge on any atom is 0.287 e. The van der Waals surface area contributed by atoms with Gasteiger partial charge in [-0.25, -0.2) is 0 Å². The summed E-state index contributed by atoms with van der Waals surface area (Å²) in [7, 11) is 0. The Bertz CT molecular complexity index is 892. The van der Waals surface area contributed by atoms with Gasteiger partial charge in [0.1, 0.15) is 0 Å². The second-order valence-corrected chi connectivity index (χ2v) is 10.1. The molecule has 7 heteroatoms. The van der Waals surface area contributed by atoms with Gasteiger partial charge in [0.05, 0.1) is 12.2 Å². The quantitative estimate of drug-likeness (QED) is 0.589. The first-order valence-corrected chi connectivity index (χ1v) is 12.6. The van der Waals surface area contributed by atoms with E-state index < -0.39 is 0 Å². The number of rotatable bonds is 8. The van der Waals surface area contributed by atoms with E-state index in [1.165, 1.54) is 0 Å². The van der Waals surface area contributed by atoms with Crippen molar-refractivity contribution in [2.24, 2.45) is 17.8 Å². The number of likely N-dealkylation sites (tertiary alicyclic amines) is 1. The van der Waals surface area contributed by atoms with Crippen molar-refractivity contribution >= 4 is 22.8 Å². The number of carbonyl (C=O) groups excluding carboxylic acids is 2. The third-order valence-electron chi connectivity index (χ3n) is 7.49. The molecule has 0 saturated carbocycles. The summed E-state index contributed by atoms with van der Waals surface area (Å²) >= 11 is 0. The Morgan fingerprint density at radius 1 is 1.21 bits per heavy atom. The lowest BCUT2D eigenvalue weighted by Crippen LogP contribution is -2.52. The van der Waals surface area contributed by atoms with Crippen LogP contribution in [0.25, 0.3) is 11.0 Å². The molecule has 2 aromatic rings. The van der Waals surface area contributed by atoms with Gasteiger partial charge >= 0.3 is 0 Å².